The molecule has 7 nitrogen and oxygen atoms in total. The fourth-order valence-electron chi connectivity index (χ4n) is 4.16. The van der Waals surface area contributed by atoms with Crippen molar-refractivity contribution in [2.45, 2.75) is 39.6 Å². The van der Waals surface area contributed by atoms with E-state index in [1.54, 1.807) is 12.2 Å². The molecule has 32 heavy (non-hydrogen) atoms. The lowest BCUT2D eigenvalue weighted by Gasteiger charge is -2.11. The van der Waals surface area contributed by atoms with Gasteiger partial charge >= 0.3 is 0 Å². The average molecular weight is 433 g/mol. The minimum atomic E-state index is -0.931. The molecule has 1 unspecified atom stereocenters. The van der Waals surface area contributed by atoms with Gasteiger partial charge in [-0.1, -0.05) is 24.3 Å². The molecule has 164 valence electrons. The molecule has 3 heterocycles. The van der Waals surface area contributed by atoms with Crippen molar-refractivity contribution in [2.24, 2.45) is 0 Å². The molecule has 1 aliphatic carbocycles. The zero-order valence-electron chi connectivity index (χ0n) is 18.1. The Morgan fingerprint density at radius 3 is 2.88 bits per heavy atom. The molecule has 8 heteroatoms. The third-order valence-electron chi connectivity index (χ3n) is 5.66. The van der Waals surface area contributed by atoms with Crippen LogP contribution in [0.3, 0.4) is 0 Å². The van der Waals surface area contributed by atoms with E-state index in [-0.39, 0.29) is 0 Å². The van der Waals surface area contributed by atoms with Crippen molar-refractivity contribution in [2.75, 3.05) is 12.3 Å². The molecular weight excluding hydrogens is 407 g/mol. The third-order valence-corrected chi connectivity index (χ3v) is 5.66. The van der Waals surface area contributed by atoms with Crippen LogP contribution in [0.15, 0.2) is 48.6 Å². The number of ether oxygens (including phenoxy) is 1. The van der Waals surface area contributed by atoms with Gasteiger partial charge in [0.15, 0.2) is 5.82 Å². The normalized spacial score (nSPS) is 16.2. The van der Waals surface area contributed by atoms with Gasteiger partial charge in [-0.25, -0.2) is 19.0 Å². The van der Waals surface area contributed by atoms with Gasteiger partial charge in [-0.15, -0.1) is 0 Å². The summed E-state index contributed by atoms with van der Waals surface area (Å²) in [6.45, 7) is 5.41. The number of nitrogen functional groups attached to an aromatic ring is 1. The summed E-state index contributed by atoms with van der Waals surface area (Å²) in [5.41, 5.74) is 11.4. The van der Waals surface area contributed by atoms with Gasteiger partial charge in [0.2, 0.25) is 0 Å². The van der Waals surface area contributed by atoms with E-state index in [1.165, 1.54) is 0 Å². The fourth-order valence-corrected chi connectivity index (χ4v) is 4.16. The number of alkyl halides is 1. The van der Waals surface area contributed by atoms with E-state index in [0.29, 0.717) is 37.5 Å². The van der Waals surface area contributed by atoms with Crippen molar-refractivity contribution in [3.8, 4) is 0 Å². The lowest BCUT2D eigenvalue weighted by atomic mass is 10.1. The lowest BCUT2D eigenvalue weighted by molar-refractivity contribution is 0.126. The monoisotopic (exact) mass is 432 g/mol. The molecule has 1 aromatic carbocycles. The summed E-state index contributed by atoms with van der Waals surface area (Å²) < 4.78 is 23.1. The van der Waals surface area contributed by atoms with Gasteiger partial charge in [0.1, 0.15) is 24.1 Å². The fraction of sp³-hybridized carbons (Fsp3) is 0.292. The molecule has 1 atom stereocenters. The number of nitrogens with zero attached hydrogens (tertiary/aromatic N) is 5. The summed E-state index contributed by atoms with van der Waals surface area (Å²) in [7, 11) is 0. The highest BCUT2D eigenvalue weighted by molar-refractivity contribution is 6.06. The van der Waals surface area contributed by atoms with Crippen LogP contribution in [0.25, 0.3) is 27.6 Å². The molecule has 0 fully saturated rings. The van der Waals surface area contributed by atoms with Gasteiger partial charge in [0, 0.05) is 24.1 Å². The van der Waals surface area contributed by atoms with Gasteiger partial charge in [0.05, 0.1) is 29.0 Å². The van der Waals surface area contributed by atoms with Crippen LogP contribution in [0.4, 0.5) is 10.2 Å². The second kappa shape index (κ2) is 8.20. The number of imidazole rings is 1. The van der Waals surface area contributed by atoms with Crippen molar-refractivity contribution in [3.05, 3.63) is 65.8 Å². The number of anilines is 1. The summed E-state index contributed by atoms with van der Waals surface area (Å²) in [4.78, 5) is 9.30. The first-order valence-electron chi connectivity index (χ1n) is 10.7. The Balaban J connectivity index is 1.62. The Bertz CT molecular complexity index is 1370. The SMILES string of the molecule is CCOCc1nc2c(N)nc3ccccc3c2n1Cc1cc(C)n(C2=CCC(F)C=C2)n1. The van der Waals surface area contributed by atoms with Crippen molar-refractivity contribution in [1.29, 1.82) is 0 Å². The van der Waals surface area contributed by atoms with Crippen LogP contribution in [0.2, 0.25) is 0 Å². The number of hydrogen-bond acceptors (Lipinski definition) is 5. The molecule has 3 aromatic heterocycles. The van der Waals surface area contributed by atoms with E-state index in [2.05, 4.69) is 9.55 Å². The summed E-state index contributed by atoms with van der Waals surface area (Å²) in [5, 5.41) is 5.78. The number of rotatable bonds is 6. The van der Waals surface area contributed by atoms with Crippen LogP contribution in [0.5, 0.6) is 0 Å². The van der Waals surface area contributed by atoms with Crippen molar-refractivity contribution < 1.29 is 9.13 Å². The van der Waals surface area contributed by atoms with Crippen LogP contribution < -0.4 is 5.73 Å². The molecule has 0 aliphatic heterocycles. The van der Waals surface area contributed by atoms with E-state index >= 15 is 0 Å². The molecule has 0 bridgehead atoms. The predicted octanol–water partition coefficient (Wildman–Crippen LogP) is 4.40. The number of fused-ring (bicyclic) bond motifs is 3. The first-order valence-corrected chi connectivity index (χ1v) is 10.7. The van der Waals surface area contributed by atoms with Gasteiger partial charge < -0.3 is 15.0 Å². The highest BCUT2D eigenvalue weighted by atomic mass is 19.1. The summed E-state index contributed by atoms with van der Waals surface area (Å²) in [6.07, 6.45) is 4.66. The van der Waals surface area contributed by atoms with Gasteiger partial charge in [0.25, 0.3) is 0 Å². The maximum Gasteiger partial charge on any atom is 0.152 e. The van der Waals surface area contributed by atoms with Crippen molar-refractivity contribution in [1.82, 2.24) is 24.3 Å². The van der Waals surface area contributed by atoms with Crippen LogP contribution in [0, 0.1) is 6.92 Å². The van der Waals surface area contributed by atoms with Crippen molar-refractivity contribution in [3.63, 3.8) is 0 Å². The highest BCUT2D eigenvalue weighted by Gasteiger charge is 2.19. The molecule has 0 radical (unpaired) electrons. The molecule has 0 saturated carbocycles. The zero-order valence-corrected chi connectivity index (χ0v) is 18.1. The molecule has 5 rings (SSSR count). The Morgan fingerprint density at radius 1 is 1.25 bits per heavy atom. The molecule has 4 aromatic rings. The lowest BCUT2D eigenvalue weighted by Crippen LogP contribution is -2.09. The van der Waals surface area contributed by atoms with Crippen LogP contribution >= 0.6 is 0 Å². The summed E-state index contributed by atoms with van der Waals surface area (Å²) in [6, 6.07) is 9.95. The number of allylic oxidation sites excluding steroid dienone is 4. The summed E-state index contributed by atoms with van der Waals surface area (Å²) >= 11 is 0. The molecule has 0 spiro atoms. The van der Waals surface area contributed by atoms with E-state index in [0.717, 1.165) is 39.3 Å². The first-order chi connectivity index (χ1) is 15.5. The Labute approximate surface area is 185 Å². The second-order valence-electron chi connectivity index (χ2n) is 7.89. The zero-order chi connectivity index (χ0) is 22.2. The Hall–Kier alpha value is -3.52. The molecule has 2 N–H and O–H groups in total. The molecule has 0 amide bonds. The molecule has 1 aliphatic rings. The first kappa shape index (κ1) is 20.4. The van der Waals surface area contributed by atoms with Crippen molar-refractivity contribution >= 4 is 33.5 Å². The van der Waals surface area contributed by atoms with Crippen LogP contribution in [-0.2, 0) is 17.9 Å². The quantitative estimate of drug-likeness (QED) is 0.488. The number of hydrogen-bond donors (Lipinski definition) is 1. The van der Waals surface area contributed by atoms with Crippen LogP contribution in [0.1, 0.15) is 30.6 Å². The standard InChI is InChI=1S/C24H25FN6O/c1-3-32-14-21-28-22-23(19-6-4-5-7-20(19)27-24(22)26)30(21)13-17-12-15(2)31(29-17)18-10-8-16(25)9-11-18/h4-8,10-12,16H,3,9,13-14H2,1-2H3,(H2,26,27). The second-order valence-corrected chi connectivity index (χ2v) is 7.89. The number of nitrogens with two attached hydrogens (primary N) is 1. The predicted molar refractivity (Wildman–Crippen MR) is 124 cm³/mol. The highest BCUT2D eigenvalue weighted by Crippen LogP contribution is 2.30. The third kappa shape index (κ3) is 3.56. The van der Waals surface area contributed by atoms with Gasteiger partial charge in [-0.2, -0.15) is 5.10 Å². The maximum absolute atomic E-state index is 13.5. The maximum atomic E-state index is 13.5. The largest absolute Gasteiger partial charge is 0.382 e. The van der Waals surface area contributed by atoms with E-state index < -0.39 is 6.17 Å². The summed E-state index contributed by atoms with van der Waals surface area (Å²) in [5.74, 6) is 1.17. The van der Waals surface area contributed by atoms with Gasteiger partial charge in [-0.3, -0.25) is 0 Å². The minimum Gasteiger partial charge on any atom is -0.382 e. The smallest absolute Gasteiger partial charge is 0.152 e. The van der Waals surface area contributed by atoms with Gasteiger partial charge in [-0.05, 0) is 38.1 Å². The topological polar surface area (TPSA) is 83.8 Å². The van der Waals surface area contributed by atoms with E-state index in [9.17, 15) is 4.39 Å². The van der Waals surface area contributed by atoms with E-state index in [1.807, 2.05) is 54.9 Å². The molecule has 0 saturated heterocycles. The number of benzene rings is 1. The Morgan fingerprint density at radius 2 is 2.09 bits per heavy atom. The number of para-hydroxylation sites is 1. The number of aromatic nitrogens is 5. The minimum absolute atomic E-state index is 0.364. The average Bonchev–Trinajstić information content (AvgIpc) is 3.34. The van der Waals surface area contributed by atoms with E-state index in [4.69, 9.17) is 20.6 Å². The number of aryl methyl sites for hydroxylation is 1. The molecular formula is C24H25FN6O. The number of halogens is 1. The Kier molecular flexibility index (Phi) is 5.22. The van der Waals surface area contributed by atoms with Crippen LogP contribution in [-0.4, -0.2) is 37.1 Å². The number of pyridine rings is 1.